The molecule has 37 heavy (non-hydrogen) atoms. The number of carbonyl (C=O) groups is 2. The van der Waals surface area contributed by atoms with E-state index in [-0.39, 0.29) is 34.2 Å². The van der Waals surface area contributed by atoms with Crippen molar-refractivity contribution >= 4 is 46.0 Å². The van der Waals surface area contributed by atoms with Crippen molar-refractivity contribution in [1.82, 2.24) is 4.90 Å². The molecule has 3 aromatic rings. The van der Waals surface area contributed by atoms with Crippen LogP contribution in [0.1, 0.15) is 11.1 Å². The monoisotopic (exact) mass is 522 g/mol. The van der Waals surface area contributed by atoms with Crippen molar-refractivity contribution in [2.75, 3.05) is 0 Å². The Labute approximate surface area is 211 Å². The summed E-state index contributed by atoms with van der Waals surface area (Å²) in [4.78, 5) is 57.7. The number of imide groups is 1. The number of non-ortho nitro benzene ring substituents is 1. The highest BCUT2D eigenvalue weighted by atomic mass is 32.2. The normalized spacial score (nSPS) is 14.2. The van der Waals surface area contributed by atoms with Crippen LogP contribution in [0.15, 0.2) is 71.6 Å². The van der Waals surface area contributed by atoms with Crippen molar-refractivity contribution < 1.29 is 29.1 Å². The van der Waals surface area contributed by atoms with Gasteiger partial charge in [-0.1, -0.05) is 30.3 Å². The molecule has 0 radical (unpaired) electrons. The number of hydrogen-bond acceptors (Lipinski definition) is 10. The molecule has 0 spiro atoms. The molecular formula is C23H14N4O9S. The van der Waals surface area contributed by atoms with Gasteiger partial charge in [-0.3, -0.25) is 44.8 Å². The third kappa shape index (κ3) is 5.43. The molecule has 1 saturated heterocycles. The molecule has 0 atom stereocenters. The van der Waals surface area contributed by atoms with Crippen LogP contribution in [0, 0.1) is 30.3 Å². The molecule has 0 aliphatic carbocycles. The van der Waals surface area contributed by atoms with E-state index >= 15 is 0 Å². The fourth-order valence-electron chi connectivity index (χ4n) is 3.42. The van der Waals surface area contributed by atoms with E-state index < -0.39 is 37.3 Å². The quantitative estimate of drug-likeness (QED) is 0.210. The fourth-order valence-corrected chi connectivity index (χ4v) is 4.26. The maximum absolute atomic E-state index is 12.9. The third-order valence-electron chi connectivity index (χ3n) is 5.12. The summed E-state index contributed by atoms with van der Waals surface area (Å²) in [7, 11) is 0. The molecule has 0 saturated carbocycles. The maximum atomic E-state index is 12.9. The lowest BCUT2D eigenvalue weighted by Crippen LogP contribution is -2.27. The summed E-state index contributed by atoms with van der Waals surface area (Å²) in [6.45, 7) is -0.272. The predicted molar refractivity (Wildman–Crippen MR) is 131 cm³/mol. The molecule has 0 aromatic heterocycles. The molecular weight excluding hydrogens is 508 g/mol. The highest BCUT2D eigenvalue weighted by Crippen LogP contribution is 2.37. The third-order valence-corrected chi connectivity index (χ3v) is 6.03. The number of para-hydroxylation sites is 1. The number of rotatable bonds is 8. The van der Waals surface area contributed by atoms with Gasteiger partial charge in [0.2, 0.25) is 5.75 Å². The van der Waals surface area contributed by atoms with Crippen LogP contribution < -0.4 is 4.74 Å². The number of hydrogen-bond donors (Lipinski definition) is 0. The molecule has 1 heterocycles. The van der Waals surface area contributed by atoms with Gasteiger partial charge in [0, 0.05) is 17.7 Å². The van der Waals surface area contributed by atoms with Crippen LogP contribution in [0.3, 0.4) is 0 Å². The zero-order valence-electron chi connectivity index (χ0n) is 18.5. The van der Waals surface area contributed by atoms with Crippen LogP contribution in [0.2, 0.25) is 0 Å². The Balaban J connectivity index is 1.56. The first kappa shape index (κ1) is 25.0. The average Bonchev–Trinajstić information content (AvgIpc) is 3.11. The van der Waals surface area contributed by atoms with Crippen molar-refractivity contribution in [2.45, 2.75) is 6.54 Å². The van der Waals surface area contributed by atoms with Crippen LogP contribution in [-0.4, -0.2) is 30.8 Å². The first-order valence-electron chi connectivity index (χ1n) is 10.3. The standard InChI is InChI=1S/C23H14N4O9S/c28-22-21(37-23(29)24(22)13-15-5-1-2-7-18(15)26(32)33)11-14-4-3-6-17(10-14)36-20-9-8-16(25(30)31)12-19(20)27(34)35/h1-12H,13H2/b21-11+. The van der Waals surface area contributed by atoms with Crippen LogP contribution in [0.5, 0.6) is 11.5 Å². The summed E-state index contributed by atoms with van der Waals surface area (Å²) < 4.78 is 5.57. The molecule has 0 unspecified atom stereocenters. The topological polar surface area (TPSA) is 176 Å². The van der Waals surface area contributed by atoms with Crippen LogP contribution >= 0.6 is 11.8 Å². The van der Waals surface area contributed by atoms with Gasteiger partial charge in [0.25, 0.3) is 22.5 Å². The second-order valence-electron chi connectivity index (χ2n) is 7.49. The van der Waals surface area contributed by atoms with Crippen molar-refractivity contribution in [3.05, 3.63) is 113 Å². The van der Waals surface area contributed by atoms with Crippen molar-refractivity contribution in [2.24, 2.45) is 0 Å². The molecule has 2 amide bonds. The lowest BCUT2D eigenvalue weighted by atomic mass is 10.1. The highest BCUT2D eigenvalue weighted by molar-refractivity contribution is 8.18. The van der Waals surface area contributed by atoms with Gasteiger partial charge < -0.3 is 4.74 Å². The molecule has 13 nitrogen and oxygen atoms in total. The highest BCUT2D eigenvalue weighted by Gasteiger charge is 2.36. The molecule has 0 bridgehead atoms. The van der Waals surface area contributed by atoms with Gasteiger partial charge in [0.1, 0.15) is 5.75 Å². The Bertz CT molecular complexity index is 1510. The van der Waals surface area contributed by atoms with Crippen molar-refractivity contribution in [3.63, 3.8) is 0 Å². The first-order chi connectivity index (χ1) is 17.6. The van der Waals surface area contributed by atoms with Crippen molar-refractivity contribution in [1.29, 1.82) is 0 Å². The molecule has 4 rings (SSSR count). The predicted octanol–water partition coefficient (Wildman–Crippen LogP) is 5.44. The Morgan fingerprint density at radius 1 is 0.838 bits per heavy atom. The summed E-state index contributed by atoms with van der Waals surface area (Å²) in [5, 5.41) is 32.9. The average molecular weight is 522 g/mol. The number of nitro benzene ring substituents is 3. The Morgan fingerprint density at radius 2 is 1.57 bits per heavy atom. The van der Waals surface area contributed by atoms with Gasteiger partial charge in [-0.05, 0) is 41.6 Å². The van der Waals surface area contributed by atoms with E-state index in [0.29, 0.717) is 17.3 Å². The number of ether oxygens (including phenoxy) is 1. The largest absolute Gasteiger partial charge is 0.450 e. The second-order valence-corrected chi connectivity index (χ2v) is 8.49. The Kier molecular flexibility index (Phi) is 6.92. The van der Waals surface area contributed by atoms with E-state index in [4.69, 9.17) is 4.74 Å². The van der Waals surface area contributed by atoms with Gasteiger partial charge in [-0.15, -0.1) is 0 Å². The molecule has 186 valence electrons. The smallest absolute Gasteiger partial charge is 0.318 e. The minimum absolute atomic E-state index is 0.0713. The van der Waals surface area contributed by atoms with Gasteiger partial charge in [0.05, 0.1) is 32.3 Å². The Morgan fingerprint density at radius 3 is 2.27 bits per heavy atom. The number of nitrogens with zero attached hydrogens (tertiary/aromatic N) is 4. The minimum Gasteiger partial charge on any atom is -0.450 e. The summed E-state index contributed by atoms with van der Waals surface area (Å²) in [6, 6.07) is 14.9. The summed E-state index contributed by atoms with van der Waals surface area (Å²) in [6.07, 6.45) is 1.42. The lowest BCUT2D eigenvalue weighted by molar-refractivity contribution is -0.394. The van der Waals surface area contributed by atoms with E-state index in [1.54, 1.807) is 18.2 Å². The summed E-state index contributed by atoms with van der Waals surface area (Å²) >= 11 is 0.665. The maximum Gasteiger partial charge on any atom is 0.318 e. The van der Waals surface area contributed by atoms with E-state index in [9.17, 15) is 39.9 Å². The molecule has 1 fully saturated rings. The Hall–Kier alpha value is -5.11. The van der Waals surface area contributed by atoms with Crippen molar-refractivity contribution in [3.8, 4) is 11.5 Å². The number of thioether (sulfide) groups is 1. The van der Waals surface area contributed by atoms with Gasteiger partial charge in [-0.25, -0.2) is 0 Å². The van der Waals surface area contributed by atoms with Crippen LogP contribution in [-0.2, 0) is 11.3 Å². The first-order valence-corrected chi connectivity index (χ1v) is 11.1. The fraction of sp³-hybridized carbons (Fsp3) is 0.0435. The number of carbonyl (C=O) groups excluding carboxylic acids is 2. The molecule has 0 N–H and O–H groups in total. The van der Waals surface area contributed by atoms with Gasteiger partial charge >= 0.3 is 5.69 Å². The van der Waals surface area contributed by atoms with E-state index in [1.807, 2.05) is 0 Å². The van der Waals surface area contributed by atoms with Gasteiger partial charge in [0.15, 0.2) is 0 Å². The summed E-state index contributed by atoms with van der Waals surface area (Å²) in [5.74, 6) is -0.715. The molecule has 1 aliphatic rings. The van der Waals surface area contributed by atoms with E-state index in [0.717, 1.165) is 23.1 Å². The molecule has 14 heteroatoms. The minimum atomic E-state index is -0.806. The number of amides is 2. The van der Waals surface area contributed by atoms with E-state index in [1.165, 1.54) is 36.4 Å². The van der Waals surface area contributed by atoms with Crippen LogP contribution in [0.4, 0.5) is 21.9 Å². The zero-order valence-corrected chi connectivity index (χ0v) is 19.3. The van der Waals surface area contributed by atoms with Crippen LogP contribution in [0.25, 0.3) is 6.08 Å². The number of benzene rings is 3. The molecule has 3 aromatic carbocycles. The SMILES string of the molecule is O=C1S/C(=C/c2cccc(Oc3ccc([N+](=O)[O-])cc3[N+](=O)[O-])c2)C(=O)N1Cc1ccccc1[N+](=O)[O-]. The van der Waals surface area contributed by atoms with E-state index in [2.05, 4.69) is 0 Å². The summed E-state index contributed by atoms with van der Waals surface area (Å²) in [5.41, 5.74) is -0.648. The second kappa shape index (κ2) is 10.2. The lowest BCUT2D eigenvalue weighted by Gasteiger charge is -2.12. The van der Waals surface area contributed by atoms with Gasteiger partial charge in [-0.2, -0.15) is 0 Å². The zero-order chi connectivity index (χ0) is 26.7. The molecule has 1 aliphatic heterocycles. The number of nitro groups is 3.